The van der Waals surface area contributed by atoms with Gasteiger partial charge in [0.2, 0.25) is 0 Å². The molecule has 0 saturated carbocycles. The average Bonchev–Trinajstić information content (AvgIpc) is 3.45. The molecule has 13 heteroatoms. The summed E-state index contributed by atoms with van der Waals surface area (Å²) >= 11 is 0. The van der Waals surface area contributed by atoms with E-state index in [4.69, 9.17) is 8.83 Å². The first-order valence-corrected chi connectivity index (χ1v) is 10.3. The molecule has 2 heterocycles. The fraction of sp³-hybridized carbons (Fsp3) is 0.167. The SMILES string of the molecule is Cc1cc(C(F)(F)F)ccc1-c1c2ncoc2c(-c2ccc(C(F)(F)F)cc2C(F)(F)F)c2ncoc12. The minimum Gasteiger partial charge on any atom is -0.443 e. The van der Waals surface area contributed by atoms with E-state index in [1.165, 1.54) is 6.92 Å². The highest BCUT2D eigenvalue weighted by molar-refractivity contribution is 6.16. The van der Waals surface area contributed by atoms with Crippen molar-refractivity contribution >= 4 is 22.2 Å². The van der Waals surface area contributed by atoms with E-state index in [0.717, 1.165) is 31.0 Å². The molecule has 0 unspecified atom stereocenters. The molecule has 5 rings (SSSR count). The minimum atomic E-state index is -5.19. The number of alkyl halides is 9. The molecule has 37 heavy (non-hydrogen) atoms. The van der Waals surface area contributed by atoms with Gasteiger partial charge in [-0.2, -0.15) is 39.5 Å². The van der Waals surface area contributed by atoms with Gasteiger partial charge in [-0.05, 0) is 42.3 Å². The zero-order chi connectivity index (χ0) is 26.9. The lowest BCUT2D eigenvalue weighted by molar-refractivity contribution is -0.143. The van der Waals surface area contributed by atoms with Crippen LogP contribution in [-0.4, -0.2) is 9.97 Å². The Morgan fingerprint density at radius 1 is 0.595 bits per heavy atom. The molecule has 5 aromatic rings. The van der Waals surface area contributed by atoms with Crippen LogP contribution in [0.3, 0.4) is 0 Å². The zero-order valence-electron chi connectivity index (χ0n) is 18.2. The van der Waals surface area contributed by atoms with Crippen molar-refractivity contribution in [1.29, 1.82) is 0 Å². The Hall–Kier alpha value is -4.03. The molecule has 0 aliphatic rings. The van der Waals surface area contributed by atoms with Crippen molar-refractivity contribution in [2.75, 3.05) is 0 Å². The molecule has 0 atom stereocenters. The van der Waals surface area contributed by atoms with Gasteiger partial charge >= 0.3 is 18.5 Å². The number of hydrogen-bond acceptors (Lipinski definition) is 4. The number of benzene rings is 3. The third kappa shape index (κ3) is 4.07. The van der Waals surface area contributed by atoms with E-state index in [1.54, 1.807) is 0 Å². The van der Waals surface area contributed by atoms with Crippen molar-refractivity contribution < 1.29 is 48.3 Å². The van der Waals surface area contributed by atoms with Gasteiger partial charge in [0.25, 0.3) is 0 Å². The Morgan fingerprint density at radius 3 is 1.51 bits per heavy atom. The van der Waals surface area contributed by atoms with Crippen LogP contribution >= 0.6 is 0 Å². The van der Waals surface area contributed by atoms with Gasteiger partial charge in [0.15, 0.2) is 24.0 Å². The summed E-state index contributed by atoms with van der Waals surface area (Å²) in [6, 6.07) is 3.99. The van der Waals surface area contributed by atoms with Gasteiger partial charge in [-0.1, -0.05) is 12.1 Å². The molecule has 0 aliphatic heterocycles. The second-order valence-electron chi connectivity index (χ2n) is 8.09. The van der Waals surface area contributed by atoms with E-state index in [-0.39, 0.29) is 50.5 Å². The van der Waals surface area contributed by atoms with Crippen molar-refractivity contribution in [3.8, 4) is 22.3 Å². The Kier molecular flexibility index (Phi) is 5.32. The number of halogens is 9. The molecule has 0 fully saturated rings. The van der Waals surface area contributed by atoms with Gasteiger partial charge in [-0.3, -0.25) is 0 Å². The molecule has 0 N–H and O–H groups in total. The van der Waals surface area contributed by atoms with Crippen LogP contribution in [0.1, 0.15) is 22.3 Å². The molecule has 2 aromatic heterocycles. The molecular formula is C24H11F9N2O2. The van der Waals surface area contributed by atoms with E-state index in [0.29, 0.717) is 12.1 Å². The highest BCUT2D eigenvalue weighted by Gasteiger charge is 2.40. The summed E-state index contributed by atoms with van der Waals surface area (Å²) in [6.45, 7) is 1.39. The second kappa shape index (κ2) is 7.98. The van der Waals surface area contributed by atoms with Crippen molar-refractivity contribution in [2.45, 2.75) is 25.5 Å². The molecule has 3 aromatic carbocycles. The normalized spacial score (nSPS) is 13.1. The minimum absolute atomic E-state index is 0.0165. The highest BCUT2D eigenvalue weighted by atomic mass is 19.4. The van der Waals surface area contributed by atoms with Gasteiger partial charge < -0.3 is 8.83 Å². The number of aromatic nitrogens is 2. The van der Waals surface area contributed by atoms with Gasteiger partial charge in [0, 0.05) is 5.56 Å². The Labute approximate surface area is 200 Å². The maximum Gasteiger partial charge on any atom is 0.417 e. The lowest BCUT2D eigenvalue weighted by Gasteiger charge is -2.17. The predicted molar refractivity (Wildman–Crippen MR) is 112 cm³/mol. The largest absolute Gasteiger partial charge is 0.443 e. The van der Waals surface area contributed by atoms with Crippen LogP contribution in [0.2, 0.25) is 0 Å². The standard InChI is InChI=1S/C24H11F9N2O2/c1-10-6-11(22(25,26)27)2-4-13(10)16-18-21(37-8-34-18)17(19-20(16)36-9-35-19)14-5-3-12(23(28,29)30)7-15(14)24(31,32)33/h2-9H,1H3. The van der Waals surface area contributed by atoms with Gasteiger partial charge in [0.1, 0.15) is 11.0 Å². The van der Waals surface area contributed by atoms with Crippen molar-refractivity contribution in [2.24, 2.45) is 0 Å². The first-order valence-electron chi connectivity index (χ1n) is 10.3. The van der Waals surface area contributed by atoms with Crippen LogP contribution < -0.4 is 0 Å². The molecule has 0 amide bonds. The van der Waals surface area contributed by atoms with E-state index in [1.807, 2.05) is 0 Å². The molecular weight excluding hydrogens is 519 g/mol. The van der Waals surface area contributed by atoms with Crippen LogP contribution in [0.25, 0.3) is 44.5 Å². The van der Waals surface area contributed by atoms with Crippen molar-refractivity contribution in [1.82, 2.24) is 9.97 Å². The molecule has 0 spiro atoms. The quantitative estimate of drug-likeness (QED) is 0.214. The van der Waals surface area contributed by atoms with Crippen molar-refractivity contribution in [3.63, 3.8) is 0 Å². The van der Waals surface area contributed by atoms with Gasteiger partial charge in [-0.25, -0.2) is 9.97 Å². The maximum atomic E-state index is 13.9. The fourth-order valence-electron chi connectivity index (χ4n) is 4.21. The fourth-order valence-corrected chi connectivity index (χ4v) is 4.21. The summed E-state index contributed by atoms with van der Waals surface area (Å²) in [5, 5.41) is 0. The molecule has 0 radical (unpaired) electrons. The number of fused-ring (bicyclic) bond motifs is 2. The summed E-state index contributed by atoms with van der Waals surface area (Å²) < 4.78 is 132. The maximum absolute atomic E-state index is 13.9. The summed E-state index contributed by atoms with van der Waals surface area (Å²) in [4.78, 5) is 8.00. The van der Waals surface area contributed by atoms with Crippen LogP contribution in [0.5, 0.6) is 0 Å². The molecule has 0 saturated heterocycles. The number of hydrogen-bond donors (Lipinski definition) is 0. The van der Waals surface area contributed by atoms with Crippen molar-refractivity contribution in [3.05, 3.63) is 71.4 Å². The summed E-state index contributed by atoms with van der Waals surface area (Å²) in [6.07, 6.45) is -13.1. The highest BCUT2D eigenvalue weighted by Crippen LogP contribution is 2.48. The smallest absolute Gasteiger partial charge is 0.417 e. The van der Waals surface area contributed by atoms with Crippen LogP contribution in [0.4, 0.5) is 39.5 Å². The van der Waals surface area contributed by atoms with Gasteiger partial charge in [-0.15, -0.1) is 0 Å². The predicted octanol–water partition coefficient (Wildman–Crippen LogP) is 8.67. The molecule has 4 nitrogen and oxygen atoms in total. The van der Waals surface area contributed by atoms with Crippen LogP contribution in [0, 0.1) is 6.92 Å². The monoisotopic (exact) mass is 530 g/mol. The van der Waals surface area contributed by atoms with E-state index >= 15 is 0 Å². The topological polar surface area (TPSA) is 52.1 Å². The summed E-state index contributed by atoms with van der Waals surface area (Å²) in [7, 11) is 0. The lowest BCUT2D eigenvalue weighted by Crippen LogP contribution is -2.12. The Balaban J connectivity index is 1.84. The van der Waals surface area contributed by atoms with Gasteiger partial charge in [0.05, 0.1) is 27.8 Å². The Bertz CT molecular complexity index is 1610. The average molecular weight is 530 g/mol. The molecule has 0 aliphatic carbocycles. The van der Waals surface area contributed by atoms with E-state index in [9.17, 15) is 39.5 Å². The number of rotatable bonds is 2. The molecule has 192 valence electrons. The Morgan fingerprint density at radius 2 is 1.05 bits per heavy atom. The third-order valence-electron chi connectivity index (χ3n) is 5.81. The zero-order valence-corrected chi connectivity index (χ0v) is 18.2. The second-order valence-corrected chi connectivity index (χ2v) is 8.09. The lowest BCUT2D eigenvalue weighted by atomic mass is 9.91. The first-order chi connectivity index (χ1) is 17.2. The van der Waals surface area contributed by atoms with Crippen LogP contribution in [-0.2, 0) is 18.5 Å². The van der Waals surface area contributed by atoms with E-state index in [2.05, 4.69) is 9.97 Å². The first kappa shape index (κ1) is 24.7. The molecule has 0 bridgehead atoms. The number of nitrogens with zero attached hydrogens (tertiary/aromatic N) is 2. The number of aryl methyl sites for hydroxylation is 1. The van der Waals surface area contributed by atoms with E-state index < -0.39 is 40.8 Å². The van der Waals surface area contributed by atoms with Crippen LogP contribution in [0.15, 0.2) is 58.0 Å². The third-order valence-corrected chi connectivity index (χ3v) is 5.81. The summed E-state index contributed by atoms with van der Waals surface area (Å²) in [5.74, 6) is 0. The summed E-state index contributed by atoms with van der Waals surface area (Å²) in [5.41, 5.74) is -5.23. The number of oxazole rings is 2.